The molecule has 0 saturated carbocycles. The fourth-order valence-corrected chi connectivity index (χ4v) is 4.29. The third kappa shape index (κ3) is 4.48. The highest BCUT2D eigenvalue weighted by atomic mass is 32.2. The monoisotopic (exact) mass is 362 g/mol. The van der Waals surface area contributed by atoms with Crippen LogP contribution in [0.4, 0.5) is 10.8 Å². The van der Waals surface area contributed by atoms with Gasteiger partial charge in [0.05, 0.1) is 5.75 Å². The molecule has 0 bridgehead atoms. The van der Waals surface area contributed by atoms with Crippen LogP contribution in [-0.4, -0.2) is 39.8 Å². The van der Waals surface area contributed by atoms with E-state index in [0.717, 1.165) is 41.1 Å². The second-order valence-electron chi connectivity index (χ2n) is 6.03. The van der Waals surface area contributed by atoms with Crippen LogP contribution in [0, 0.1) is 13.8 Å². The Balaban J connectivity index is 1.53. The van der Waals surface area contributed by atoms with Crippen LogP contribution in [0.25, 0.3) is 0 Å². The second kappa shape index (κ2) is 7.98. The number of aryl methyl sites for hydroxylation is 2. The van der Waals surface area contributed by atoms with Gasteiger partial charge in [0.1, 0.15) is 0 Å². The number of rotatable bonds is 5. The molecule has 24 heavy (non-hydrogen) atoms. The molecule has 0 radical (unpaired) electrons. The van der Waals surface area contributed by atoms with Crippen molar-refractivity contribution in [3.63, 3.8) is 0 Å². The molecular weight excluding hydrogens is 340 g/mol. The van der Waals surface area contributed by atoms with E-state index in [1.54, 1.807) is 0 Å². The second-order valence-corrected chi connectivity index (χ2v) is 8.23. The number of nitrogens with zero attached hydrogens (tertiary/aromatic N) is 3. The van der Waals surface area contributed by atoms with Crippen LogP contribution in [0.5, 0.6) is 0 Å². The maximum absolute atomic E-state index is 12.2. The van der Waals surface area contributed by atoms with Gasteiger partial charge in [-0.25, -0.2) is 0 Å². The number of aromatic nitrogens is 2. The lowest BCUT2D eigenvalue weighted by Gasteiger charge is -2.26. The normalized spacial score (nSPS) is 14.7. The minimum Gasteiger partial charge on any atom is -0.342 e. The average Bonchev–Trinajstić information content (AvgIpc) is 3.04. The third-order valence-electron chi connectivity index (χ3n) is 4.19. The van der Waals surface area contributed by atoms with Gasteiger partial charge in [0, 0.05) is 18.8 Å². The van der Waals surface area contributed by atoms with Gasteiger partial charge in [0.15, 0.2) is 4.34 Å². The van der Waals surface area contributed by atoms with Crippen LogP contribution in [-0.2, 0) is 4.79 Å². The summed E-state index contributed by atoms with van der Waals surface area (Å²) in [7, 11) is 0. The Kier molecular flexibility index (Phi) is 5.73. The summed E-state index contributed by atoms with van der Waals surface area (Å²) in [5.74, 6) is 0.650. The molecule has 2 heterocycles. The molecule has 1 amide bonds. The van der Waals surface area contributed by atoms with Gasteiger partial charge in [-0.05, 0) is 56.4 Å². The highest BCUT2D eigenvalue weighted by Gasteiger charge is 2.17. The van der Waals surface area contributed by atoms with Crippen molar-refractivity contribution < 1.29 is 4.79 Å². The zero-order valence-corrected chi connectivity index (χ0v) is 15.7. The van der Waals surface area contributed by atoms with Crippen LogP contribution in [0.15, 0.2) is 22.5 Å². The van der Waals surface area contributed by atoms with Gasteiger partial charge in [0.2, 0.25) is 11.0 Å². The number of nitrogens with one attached hydrogen (secondary N) is 1. The molecule has 1 aliphatic heterocycles. The van der Waals surface area contributed by atoms with Crippen LogP contribution in [0.2, 0.25) is 0 Å². The van der Waals surface area contributed by atoms with Crippen molar-refractivity contribution in [1.29, 1.82) is 0 Å². The van der Waals surface area contributed by atoms with Crippen molar-refractivity contribution in [1.82, 2.24) is 15.1 Å². The molecule has 2 aromatic rings. The molecule has 3 rings (SSSR count). The van der Waals surface area contributed by atoms with E-state index >= 15 is 0 Å². The Labute approximate surface area is 150 Å². The maximum Gasteiger partial charge on any atom is 0.233 e. The first-order valence-corrected chi connectivity index (χ1v) is 10.0. The number of benzene rings is 1. The molecule has 1 saturated heterocycles. The first-order chi connectivity index (χ1) is 11.6. The van der Waals surface area contributed by atoms with E-state index in [1.807, 2.05) is 11.0 Å². The molecule has 7 heteroatoms. The molecule has 0 atom stereocenters. The van der Waals surface area contributed by atoms with Crippen molar-refractivity contribution in [2.24, 2.45) is 0 Å². The van der Waals surface area contributed by atoms with E-state index in [1.165, 1.54) is 40.6 Å². The lowest BCUT2D eigenvalue weighted by atomic mass is 10.1. The lowest BCUT2D eigenvalue weighted by Crippen LogP contribution is -2.36. The van der Waals surface area contributed by atoms with Gasteiger partial charge in [-0.1, -0.05) is 29.2 Å². The molecule has 1 aromatic carbocycles. The summed E-state index contributed by atoms with van der Waals surface area (Å²) in [6.45, 7) is 5.98. The van der Waals surface area contributed by atoms with Crippen molar-refractivity contribution >= 4 is 39.8 Å². The molecule has 0 spiro atoms. The summed E-state index contributed by atoms with van der Waals surface area (Å²) in [4.78, 5) is 14.1. The highest BCUT2D eigenvalue weighted by Crippen LogP contribution is 2.28. The standard InChI is InChI=1S/C17H22N4OS2/c1-12-6-7-14(10-13(12)2)18-16-19-20-17(24-16)23-11-15(22)21-8-4-3-5-9-21/h6-7,10H,3-5,8-9,11H2,1-2H3,(H,18,19). The summed E-state index contributed by atoms with van der Waals surface area (Å²) in [5.41, 5.74) is 3.52. The molecular formula is C17H22N4OS2. The molecule has 0 unspecified atom stereocenters. The van der Waals surface area contributed by atoms with E-state index in [4.69, 9.17) is 0 Å². The molecule has 1 N–H and O–H groups in total. The molecule has 1 fully saturated rings. The summed E-state index contributed by atoms with van der Waals surface area (Å²) in [6.07, 6.45) is 3.49. The predicted molar refractivity (Wildman–Crippen MR) is 100 cm³/mol. The largest absolute Gasteiger partial charge is 0.342 e. The number of carbonyl (C=O) groups excluding carboxylic acids is 1. The van der Waals surface area contributed by atoms with Crippen molar-refractivity contribution in [2.75, 3.05) is 24.2 Å². The SMILES string of the molecule is Cc1ccc(Nc2nnc(SCC(=O)N3CCCCC3)s2)cc1C. The molecule has 1 aliphatic rings. The molecule has 0 aliphatic carbocycles. The minimum absolute atomic E-state index is 0.207. The van der Waals surface area contributed by atoms with Gasteiger partial charge in [0.25, 0.3) is 0 Å². The van der Waals surface area contributed by atoms with E-state index in [2.05, 4.69) is 41.5 Å². The smallest absolute Gasteiger partial charge is 0.233 e. The Morgan fingerprint density at radius 2 is 2.00 bits per heavy atom. The van der Waals surface area contributed by atoms with Gasteiger partial charge in [-0.15, -0.1) is 10.2 Å². The summed E-state index contributed by atoms with van der Waals surface area (Å²) in [6, 6.07) is 6.23. The third-order valence-corrected chi connectivity index (χ3v) is 6.15. The van der Waals surface area contributed by atoms with Gasteiger partial charge >= 0.3 is 0 Å². The zero-order chi connectivity index (χ0) is 16.9. The van der Waals surface area contributed by atoms with E-state index < -0.39 is 0 Å². The van der Waals surface area contributed by atoms with Crippen LogP contribution in [0.3, 0.4) is 0 Å². The fraction of sp³-hybridized carbons (Fsp3) is 0.471. The number of amides is 1. The maximum atomic E-state index is 12.2. The Morgan fingerprint density at radius 3 is 2.75 bits per heavy atom. The van der Waals surface area contributed by atoms with Crippen molar-refractivity contribution in [3.8, 4) is 0 Å². The summed E-state index contributed by atoms with van der Waals surface area (Å²) >= 11 is 2.96. The fourth-order valence-electron chi connectivity index (χ4n) is 2.62. The Morgan fingerprint density at radius 1 is 1.21 bits per heavy atom. The van der Waals surface area contributed by atoms with Gasteiger partial charge < -0.3 is 10.2 Å². The number of likely N-dealkylation sites (tertiary alicyclic amines) is 1. The number of hydrogen-bond donors (Lipinski definition) is 1. The van der Waals surface area contributed by atoms with Crippen molar-refractivity contribution in [3.05, 3.63) is 29.3 Å². The Hall–Kier alpha value is -1.60. The minimum atomic E-state index is 0.207. The first kappa shape index (κ1) is 17.2. The molecule has 128 valence electrons. The van der Waals surface area contributed by atoms with E-state index in [-0.39, 0.29) is 5.91 Å². The zero-order valence-electron chi connectivity index (χ0n) is 14.0. The van der Waals surface area contributed by atoms with E-state index in [9.17, 15) is 4.79 Å². The number of thioether (sulfide) groups is 1. The predicted octanol–water partition coefficient (Wildman–Crippen LogP) is 4.00. The molecule has 5 nitrogen and oxygen atoms in total. The van der Waals surface area contributed by atoms with Crippen LogP contribution in [0.1, 0.15) is 30.4 Å². The topological polar surface area (TPSA) is 58.1 Å². The quantitative estimate of drug-likeness (QED) is 0.815. The highest BCUT2D eigenvalue weighted by molar-refractivity contribution is 8.01. The molecule has 1 aromatic heterocycles. The summed E-state index contributed by atoms with van der Waals surface area (Å²) in [5, 5.41) is 12.4. The van der Waals surface area contributed by atoms with Crippen molar-refractivity contribution in [2.45, 2.75) is 37.4 Å². The van der Waals surface area contributed by atoms with Gasteiger partial charge in [-0.2, -0.15) is 0 Å². The first-order valence-electron chi connectivity index (χ1n) is 8.20. The van der Waals surface area contributed by atoms with Crippen LogP contribution >= 0.6 is 23.1 Å². The lowest BCUT2D eigenvalue weighted by molar-refractivity contribution is -0.129. The van der Waals surface area contributed by atoms with Crippen LogP contribution < -0.4 is 5.32 Å². The number of carbonyl (C=O) groups is 1. The Bertz CT molecular complexity index is 710. The number of anilines is 2. The van der Waals surface area contributed by atoms with E-state index in [0.29, 0.717) is 5.75 Å². The summed E-state index contributed by atoms with van der Waals surface area (Å²) < 4.78 is 0.826. The number of piperidine rings is 1. The van der Waals surface area contributed by atoms with Gasteiger partial charge in [-0.3, -0.25) is 4.79 Å². The average molecular weight is 363 g/mol. The number of hydrogen-bond acceptors (Lipinski definition) is 6.